The molecule has 0 bridgehead atoms. The number of carbonyl (C=O) groups is 1. The van der Waals surface area contributed by atoms with Crippen molar-refractivity contribution >= 4 is 5.91 Å². The van der Waals surface area contributed by atoms with Crippen LogP contribution in [0.3, 0.4) is 0 Å². The predicted octanol–water partition coefficient (Wildman–Crippen LogP) is 2.16. The normalized spacial score (nSPS) is 10.3. The maximum Gasteiger partial charge on any atom is 0.253 e. The molecule has 0 aliphatic rings. The van der Waals surface area contributed by atoms with Crippen LogP contribution in [0.4, 0.5) is 0 Å². The summed E-state index contributed by atoms with van der Waals surface area (Å²) in [6.07, 6.45) is 1.91. The Morgan fingerprint density at radius 1 is 1.42 bits per heavy atom. The second-order valence-electron chi connectivity index (χ2n) is 4.56. The average Bonchev–Trinajstić information content (AvgIpc) is 2.44. The van der Waals surface area contributed by atoms with E-state index in [2.05, 4.69) is 12.2 Å². The Hall–Kier alpha value is -1.55. The van der Waals surface area contributed by atoms with Gasteiger partial charge in [-0.05, 0) is 44.6 Å². The van der Waals surface area contributed by atoms with Crippen molar-refractivity contribution in [3.63, 3.8) is 0 Å². The van der Waals surface area contributed by atoms with E-state index >= 15 is 0 Å². The van der Waals surface area contributed by atoms with Gasteiger partial charge >= 0.3 is 0 Å². The van der Waals surface area contributed by atoms with Gasteiger partial charge in [-0.3, -0.25) is 4.79 Å². The monoisotopic (exact) mass is 264 g/mol. The first-order valence-electron chi connectivity index (χ1n) is 6.82. The van der Waals surface area contributed by atoms with Crippen LogP contribution >= 0.6 is 0 Å². The summed E-state index contributed by atoms with van der Waals surface area (Å²) in [5, 5.41) is 3.08. The molecule has 0 saturated heterocycles. The van der Waals surface area contributed by atoms with Gasteiger partial charge in [0.15, 0.2) is 0 Å². The summed E-state index contributed by atoms with van der Waals surface area (Å²) in [7, 11) is 3.74. The number of hydrogen-bond acceptors (Lipinski definition) is 3. The number of ether oxygens (including phenoxy) is 1. The van der Waals surface area contributed by atoms with Crippen LogP contribution in [0.2, 0.25) is 0 Å². The summed E-state index contributed by atoms with van der Waals surface area (Å²) < 4.78 is 5.54. The maximum atomic E-state index is 12.2. The average molecular weight is 264 g/mol. The Kier molecular flexibility index (Phi) is 6.97. The molecule has 0 atom stereocenters. The molecule has 0 aromatic heterocycles. The quantitative estimate of drug-likeness (QED) is 0.732. The molecule has 4 nitrogen and oxygen atoms in total. The minimum atomic E-state index is 0.0399. The van der Waals surface area contributed by atoms with E-state index in [1.165, 1.54) is 0 Å². The number of amides is 1. The number of nitrogens with zero attached hydrogens (tertiary/aromatic N) is 1. The van der Waals surface area contributed by atoms with Gasteiger partial charge in [0.2, 0.25) is 0 Å². The van der Waals surface area contributed by atoms with Crippen molar-refractivity contribution in [2.24, 2.45) is 0 Å². The zero-order valence-corrected chi connectivity index (χ0v) is 12.1. The Balaban J connectivity index is 2.60. The van der Waals surface area contributed by atoms with E-state index in [1.807, 2.05) is 38.4 Å². The highest BCUT2D eigenvalue weighted by Gasteiger charge is 2.11. The van der Waals surface area contributed by atoms with Crippen molar-refractivity contribution in [3.8, 4) is 5.75 Å². The molecule has 106 valence electrons. The fraction of sp³-hybridized carbons (Fsp3) is 0.533. The number of benzene rings is 1. The summed E-state index contributed by atoms with van der Waals surface area (Å²) in [5.41, 5.74) is 0.681. The fourth-order valence-electron chi connectivity index (χ4n) is 1.75. The molecule has 1 aromatic carbocycles. The predicted molar refractivity (Wildman–Crippen MR) is 77.7 cm³/mol. The van der Waals surface area contributed by atoms with Gasteiger partial charge in [-0.25, -0.2) is 0 Å². The highest BCUT2D eigenvalue weighted by Crippen LogP contribution is 2.15. The van der Waals surface area contributed by atoms with E-state index in [0.717, 1.165) is 31.7 Å². The fourth-order valence-corrected chi connectivity index (χ4v) is 1.75. The summed E-state index contributed by atoms with van der Waals surface area (Å²) in [6, 6.07) is 7.38. The minimum absolute atomic E-state index is 0.0399. The summed E-state index contributed by atoms with van der Waals surface area (Å²) >= 11 is 0. The molecule has 1 N–H and O–H groups in total. The molecule has 0 aliphatic heterocycles. The molecule has 0 unspecified atom stereocenters. The smallest absolute Gasteiger partial charge is 0.253 e. The van der Waals surface area contributed by atoms with Gasteiger partial charge in [0.05, 0.1) is 6.61 Å². The lowest BCUT2D eigenvalue weighted by molar-refractivity contribution is 0.0793. The van der Waals surface area contributed by atoms with Crippen molar-refractivity contribution in [1.29, 1.82) is 0 Å². The first-order chi connectivity index (χ1) is 9.19. The van der Waals surface area contributed by atoms with Crippen molar-refractivity contribution in [2.45, 2.75) is 19.8 Å². The first-order valence-corrected chi connectivity index (χ1v) is 6.82. The molecule has 1 amide bonds. The second kappa shape index (κ2) is 8.53. The highest BCUT2D eigenvalue weighted by atomic mass is 16.5. The molecule has 0 saturated carbocycles. The third-order valence-electron chi connectivity index (χ3n) is 2.82. The molecule has 0 heterocycles. The van der Waals surface area contributed by atoms with Crippen molar-refractivity contribution < 1.29 is 9.53 Å². The molecule has 0 aliphatic carbocycles. The van der Waals surface area contributed by atoms with Gasteiger partial charge in [0.25, 0.3) is 5.91 Å². The standard InChI is InChI=1S/C15H24N2O2/c1-4-11-19-14-8-5-7-13(12-14)15(18)17(3)10-6-9-16-2/h5,7-8,12,16H,4,6,9-11H2,1-3H3. The maximum absolute atomic E-state index is 12.2. The van der Waals surface area contributed by atoms with Crippen molar-refractivity contribution in [1.82, 2.24) is 10.2 Å². The zero-order chi connectivity index (χ0) is 14.1. The van der Waals surface area contributed by atoms with Crippen molar-refractivity contribution in [2.75, 3.05) is 33.8 Å². The van der Waals surface area contributed by atoms with Crippen LogP contribution in [-0.4, -0.2) is 44.6 Å². The van der Waals surface area contributed by atoms with E-state index in [0.29, 0.717) is 12.2 Å². The SMILES string of the molecule is CCCOc1cccc(C(=O)N(C)CCCNC)c1. The van der Waals surface area contributed by atoms with E-state index in [1.54, 1.807) is 4.90 Å². The Labute approximate surface area is 115 Å². The van der Waals surface area contributed by atoms with Gasteiger partial charge in [-0.15, -0.1) is 0 Å². The Morgan fingerprint density at radius 2 is 2.21 bits per heavy atom. The van der Waals surface area contributed by atoms with Gasteiger partial charge in [-0.2, -0.15) is 0 Å². The molecule has 0 fully saturated rings. The second-order valence-corrected chi connectivity index (χ2v) is 4.56. The van der Waals surface area contributed by atoms with Gasteiger partial charge in [0.1, 0.15) is 5.75 Å². The van der Waals surface area contributed by atoms with Crippen LogP contribution in [0.15, 0.2) is 24.3 Å². The Morgan fingerprint density at radius 3 is 2.89 bits per heavy atom. The van der Waals surface area contributed by atoms with Gasteiger partial charge < -0.3 is 15.0 Å². The molecular weight excluding hydrogens is 240 g/mol. The van der Waals surface area contributed by atoms with Crippen LogP contribution in [0.5, 0.6) is 5.75 Å². The lowest BCUT2D eigenvalue weighted by Crippen LogP contribution is -2.29. The van der Waals surface area contributed by atoms with Crippen LogP contribution < -0.4 is 10.1 Å². The third kappa shape index (κ3) is 5.30. The molecular formula is C15H24N2O2. The lowest BCUT2D eigenvalue weighted by Gasteiger charge is -2.17. The summed E-state index contributed by atoms with van der Waals surface area (Å²) in [5.74, 6) is 0.800. The highest BCUT2D eigenvalue weighted by molar-refractivity contribution is 5.94. The van der Waals surface area contributed by atoms with Crippen molar-refractivity contribution in [3.05, 3.63) is 29.8 Å². The third-order valence-corrected chi connectivity index (χ3v) is 2.82. The lowest BCUT2D eigenvalue weighted by atomic mass is 10.2. The van der Waals surface area contributed by atoms with E-state index in [9.17, 15) is 4.79 Å². The van der Waals surface area contributed by atoms with E-state index in [4.69, 9.17) is 4.74 Å². The van der Waals surface area contributed by atoms with Crippen LogP contribution in [0.25, 0.3) is 0 Å². The number of nitrogens with one attached hydrogen (secondary N) is 1. The molecule has 19 heavy (non-hydrogen) atoms. The minimum Gasteiger partial charge on any atom is -0.494 e. The number of hydrogen-bond donors (Lipinski definition) is 1. The van der Waals surface area contributed by atoms with E-state index in [-0.39, 0.29) is 5.91 Å². The number of carbonyl (C=O) groups excluding carboxylic acids is 1. The first kappa shape index (κ1) is 15.5. The van der Waals surface area contributed by atoms with E-state index < -0.39 is 0 Å². The molecule has 4 heteroatoms. The molecule has 1 rings (SSSR count). The van der Waals surface area contributed by atoms with Crippen LogP contribution in [-0.2, 0) is 0 Å². The van der Waals surface area contributed by atoms with Crippen LogP contribution in [0.1, 0.15) is 30.1 Å². The summed E-state index contributed by atoms with van der Waals surface area (Å²) in [6.45, 7) is 4.40. The summed E-state index contributed by atoms with van der Waals surface area (Å²) in [4.78, 5) is 14.0. The number of rotatable bonds is 8. The largest absolute Gasteiger partial charge is 0.494 e. The van der Waals surface area contributed by atoms with Gasteiger partial charge in [0, 0.05) is 19.2 Å². The topological polar surface area (TPSA) is 41.6 Å². The zero-order valence-electron chi connectivity index (χ0n) is 12.1. The van der Waals surface area contributed by atoms with Gasteiger partial charge in [-0.1, -0.05) is 13.0 Å². The van der Waals surface area contributed by atoms with Crippen LogP contribution in [0, 0.1) is 0 Å². The Bertz CT molecular complexity index is 393. The molecule has 1 aromatic rings. The molecule has 0 radical (unpaired) electrons. The molecule has 0 spiro atoms.